The van der Waals surface area contributed by atoms with Crippen LogP contribution in [0, 0.1) is 0 Å². The first kappa shape index (κ1) is 14.5. The number of fused-ring (bicyclic) bond motifs is 1. The Labute approximate surface area is 117 Å². The van der Waals surface area contributed by atoms with E-state index in [0.717, 1.165) is 17.8 Å². The number of carbonyl (C=O) groups is 1. The SMILES string of the molecule is CCC(CCO)NC(=O)CCc1nc2ncccc2[nH]1. The first-order valence-electron chi connectivity index (χ1n) is 6.92. The van der Waals surface area contributed by atoms with Gasteiger partial charge in [-0.05, 0) is 25.0 Å². The molecule has 1 unspecified atom stereocenters. The highest BCUT2D eigenvalue weighted by Gasteiger charge is 2.11. The molecule has 0 saturated carbocycles. The summed E-state index contributed by atoms with van der Waals surface area (Å²) in [7, 11) is 0. The van der Waals surface area contributed by atoms with Gasteiger partial charge in [0.2, 0.25) is 5.91 Å². The fraction of sp³-hybridized carbons (Fsp3) is 0.500. The molecule has 2 aromatic heterocycles. The second kappa shape index (κ2) is 7.00. The molecule has 0 aliphatic heterocycles. The number of aliphatic hydroxyl groups excluding tert-OH is 1. The summed E-state index contributed by atoms with van der Waals surface area (Å²) in [5.41, 5.74) is 1.56. The van der Waals surface area contributed by atoms with Gasteiger partial charge in [0.1, 0.15) is 5.82 Å². The minimum absolute atomic E-state index is 0.0151. The van der Waals surface area contributed by atoms with Crippen molar-refractivity contribution in [2.45, 2.75) is 38.6 Å². The van der Waals surface area contributed by atoms with Gasteiger partial charge in [-0.3, -0.25) is 4.79 Å². The second-order valence-electron chi connectivity index (χ2n) is 4.74. The van der Waals surface area contributed by atoms with Crippen molar-refractivity contribution in [3.05, 3.63) is 24.2 Å². The number of imidazole rings is 1. The quantitative estimate of drug-likeness (QED) is 0.708. The summed E-state index contributed by atoms with van der Waals surface area (Å²) in [6.45, 7) is 2.08. The van der Waals surface area contributed by atoms with Crippen molar-refractivity contribution in [2.75, 3.05) is 6.61 Å². The maximum Gasteiger partial charge on any atom is 0.220 e. The third-order valence-corrected chi connectivity index (χ3v) is 3.23. The number of nitrogens with zero attached hydrogens (tertiary/aromatic N) is 2. The molecule has 0 bridgehead atoms. The first-order chi connectivity index (χ1) is 9.72. The summed E-state index contributed by atoms with van der Waals surface area (Å²) in [5.74, 6) is 0.753. The molecule has 108 valence electrons. The van der Waals surface area contributed by atoms with Crippen LogP contribution >= 0.6 is 0 Å². The summed E-state index contributed by atoms with van der Waals surface area (Å²) in [6.07, 6.45) is 4.04. The maximum absolute atomic E-state index is 11.8. The van der Waals surface area contributed by atoms with Crippen molar-refractivity contribution in [3.8, 4) is 0 Å². The third-order valence-electron chi connectivity index (χ3n) is 3.23. The molecule has 0 radical (unpaired) electrons. The molecular weight excluding hydrogens is 256 g/mol. The standard InChI is InChI=1S/C14H20N4O2/c1-2-10(7-9-19)16-13(20)6-5-12-17-11-4-3-8-15-14(11)18-12/h3-4,8,10,19H,2,5-7,9H2,1H3,(H,16,20)(H,15,17,18). The Morgan fingerprint density at radius 3 is 3.10 bits per heavy atom. The molecule has 2 heterocycles. The lowest BCUT2D eigenvalue weighted by atomic mass is 10.1. The average Bonchev–Trinajstić information content (AvgIpc) is 2.87. The summed E-state index contributed by atoms with van der Waals surface area (Å²) in [5, 5.41) is 11.8. The van der Waals surface area contributed by atoms with E-state index < -0.39 is 0 Å². The number of aromatic nitrogens is 3. The van der Waals surface area contributed by atoms with Crippen LogP contribution < -0.4 is 5.32 Å². The van der Waals surface area contributed by atoms with Crippen LogP contribution in [0.2, 0.25) is 0 Å². The number of aliphatic hydroxyl groups is 1. The van der Waals surface area contributed by atoms with Gasteiger partial charge < -0.3 is 15.4 Å². The van der Waals surface area contributed by atoms with E-state index in [1.807, 2.05) is 19.1 Å². The third kappa shape index (κ3) is 3.77. The van der Waals surface area contributed by atoms with Gasteiger partial charge in [0.15, 0.2) is 5.65 Å². The van der Waals surface area contributed by atoms with Gasteiger partial charge in [-0.1, -0.05) is 6.92 Å². The number of hydrogen-bond acceptors (Lipinski definition) is 4. The zero-order chi connectivity index (χ0) is 14.4. The van der Waals surface area contributed by atoms with E-state index in [9.17, 15) is 4.79 Å². The van der Waals surface area contributed by atoms with Gasteiger partial charge in [0.25, 0.3) is 0 Å². The van der Waals surface area contributed by atoms with E-state index in [2.05, 4.69) is 20.3 Å². The van der Waals surface area contributed by atoms with Crippen molar-refractivity contribution >= 4 is 17.1 Å². The van der Waals surface area contributed by atoms with Crippen LogP contribution in [0.5, 0.6) is 0 Å². The smallest absolute Gasteiger partial charge is 0.220 e. The molecule has 0 aliphatic rings. The fourth-order valence-corrected chi connectivity index (χ4v) is 2.08. The lowest BCUT2D eigenvalue weighted by molar-refractivity contribution is -0.121. The van der Waals surface area contributed by atoms with Crippen LogP contribution in [-0.4, -0.2) is 38.6 Å². The Balaban J connectivity index is 1.86. The predicted octanol–water partition coefficient (Wildman–Crippen LogP) is 1.17. The predicted molar refractivity (Wildman–Crippen MR) is 76.1 cm³/mol. The van der Waals surface area contributed by atoms with Gasteiger partial charge in [-0.2, -0.15) is 0 Å². The number of carbonyl (C=O) groups excluding carboxylic acids is 1. The van der Waals surface area contributed by atoms with E-state index >= 15 is 0 Å². The first-order valence-corrected chi connectivity index (χ1v) is 6.92. The van der Waals surface area contributed by atoms with E-state index in [-0.39, 0.29) is 18.6 Å². The van der Waals surface area contributed by atoms with Crippen molar-refractivity contribution in [3.63, 3.8) is 0 Å². The molecule has 0 fully saturated rings. The molecule has 6 nitrogen and oxygen atoms in total. The van der Waals surface area contributed by atoms with E-state index in [4.69, 9.17) is 5.11 Å². The van der Waals surface area contributed by atoms with Crippen LogP contribution in [0.15, 0.2) is 18.3 Å². The second-order valence-corrected chi connectivity index (χ2v) is 4.74. The summed E-state index contributed by atoms with van der Waals surface area (Å²) >= 11 is 0. The van der Waals surface area contributed by atoms with E-state index in [0.29, 0.717) is 24.9 Å². The number of amides is 1. The van der Waals surface area contributed by atoms with Crippen LogP contribution in [0.4, 0.5) is 0 Å². The zero-order valence-corrected chi connectivity index (χ0v) is 11.6. The number of nitrogens with one attached hydrogen (secondary N) is 2. The number of H-pyrrole nitrogens is 1. The largest absolute Gasteiger partial charge is 0.396 e. The molecule has 0 aliphatic carbocycles. The summed E-state index contributed by atoms with van der Waals surface area (Å²) < 4.78 is 0. The molecule has 0 spiro atoms. The minimum atomic E-state index is -0.0151. The summed E-state index contributed by atoms with van der Waals surface area (Å²) in [4.78, 5) is 23.5. The lowest BCUT2D eigenvalue weighted by Crippen LogP contribution is -2.35. The monoisotopic (exact) mass is 276 g/mol. The topological polar surface area (TPSA) is 90.9 Å². The number of pyridine rings is 1. The minimum Gasteiger partial charge on any atom is -0.396 e. The number of aryl methyl sites for hydroxylation is 1. The molecule has 0 saturated heterocycles. The Kier molecular flexibility index (Phi) is 5.06. The Morgan fingerprint density at radius 1 is 1.55 bits per heavy atom. The van der Waals surface area contributed by atoms with Crippen LogP contribution in [0.1, 0.15) is 32.0 Å². The Bertz CT molecular complexity index is 534. The number of hydrogen-bond donors (Lipinski definition) is 3. The Hall–Kier alpha value is -1.95. The summed E-state index contributed by atoms with van der Waals surface area (Å²) in [6, 6.07) is 3.80. The molecule has 0 aromatic carbocycles. The highest BCUT2D eigenvalue weighted by Crippen LogP contribution is 2.08. The molecule has 1 atom stereocenters. The van der Waals surface area contributed by atoms with Crippen LogP contribution in [0.3, 0.4) is 0 Å². The van der Waals surface area contributed by atoms with Crippen molar-refractivity contribution in [1.29, 1.82) is 0 Å². The van der Waals surface area contributed by atoms with Gasteiger partial charge in [0, 0.05) is 31.7 Å². The molecule has 3 N–H and O–H groups in total. The van der Waals surface area contributed by atoms with Gasteiger partial charge in [0.05, 0.1) is 5.52 Å². The number of rotatable bonds is 7. The van der Waals surface area contributed by atoms with Crippen molar-refractivity contribution < 1.29 is 9.90 Å². The lowest BCUT2D eigenvalue weighted by Gasteiger charge is -2.15. The number of aromatic amines is 1. The van der Waals surface area contributed by atoms with Gasteiger partial charge in [-0.25, -0.2) is 9.97 Å². The fourth-order valence-electron chi connectivity index (χ4n) is 2.08. The molecule has 20 heavy (non-hydrogen) atoms. The molecular formula is C14H20N4O2. The Morgan fingerprint density at radius 2 is 2.40 bits per heavy atom. The van der Waals surface area contributed by atoms with Gasteiger partial charge >= 0.3 is 0 Å². The molecule has 1 amide bonds. The van der Waals surface area contributed by atoms with Crippen LogP contribution in [0.25, 0.3) is 11.2 Å². The highest BCUT2D eigenvalue weighted by molar-refractivity contribution is 5.76. The van der Waals surface area contributed by atoms with E-state index in [1.165, 1.54) is 0 Å². The maximum atomic E-state index is 11.8. The van der Waals surface area contributed by atoms with Gasteiger partial charge in [-0.15, -0.1) is 0 Å². The molecule has 2 aromatic rings. The van der Waals surface area contributed by atoms with Crippen molar-refractivity contribution in [2.24, 2.45) is 0 Å². The van der Waals surface area contributed by atoms with Crippen molar-refractivity contribution in [1.82, 2.24) is 20.3 Å². The zero-order valence-electron chi connectivity index (χ0n) is 11.6. The average molecular weight is 276 g/mol. The van der Waals surface area contributed by atoms with Crippen LogP contribution in [-0.2, 0) is 11.2 Å². The normalized spacial score (nSPS) is 12.5. The molecule has 2 rings (SSSR count). The highest BCUT2D eigenvalue weighted by atomic mass is 16.3. The van der Waals surface area contributed by atoms with E-state index in [1.54, 1.807) is 6.20 Å². The molecule has 6 heteroatoms.